The summed E-state index contributed by atoms with van der Waals surface area (Å²) >= 11 is 0. The number of rotatable bonds is 5. The predicted molar refractivity (Wildman–Crippen MR) is 82.9 cm³/mol. The van der Waals surface area contributed by atoms with Crippen LogP contribution in [0.3, 0.4) is 0 Å². The number of anilines is 2. The van der Waals surface area contributed by atoms with E-state index in [0.29, 0.717) is 5.82 Å². The molecular formula is C14H20N6O. The minimum atomic E-state index is -0.163. The van der Waals surface area contributed by atoms with Crippen molar-refractivity contribution in [1.82, 2.24) is 19.7 Å². The van der Waals surface area contributed by atoms with Crippen molar-refractivity contribution < 1.29 is 0 Å². The van der Waals surface area contributed by atoms with Crippen molar-refractivity contribution >= 4 is 11.5 Å². The summed E-state index contributed by atoms with van der Waals surface area (Å²) in [6, 6.07) is 3.42. The molecule has 1 N–H and O–H groups in total. The Morgan fingerprint density at radius 3 is 2.71 bits per heavy atom. The molecule has 0 atom stereocenters. The van der Waals surface area contributed by atoms with E-state index in [-0.39, 0.29) is 12.1 Å². The van der Waals surface area contributed by atoms with E-state index in [2.05, 4.69) is 20.4 Å². The van der Waals surface area contributed by atoms with Crippen LogP contribution in [-0.4, -0.2) is 40.4 Å². The van der Waals surface area contributed by atoms with Gasteiger partial charge < -0.3 is 10.2 Å². The number of aryl methyl sites for hydroxylation is 1. The Hall–Kier alpha value is -2.44. The van der Waals surface area contributed by atoms with Gasteiger partial charge in [0, 0.05) is 38.5 Å². The second-order valence-electron chi connectivity index (χ2n) is 4.78. The van der Waals surface area contributed by atoms with E-state index in [1.54, 1.807) is 19.3 Å². The van der Waals surface area contributed by atoms with Crippen molar-refractivity contribution in [1.29, 1.82) is 0 Å². The van der Waals surface area contributed by atoms with E-state index >= 15 is 0 Å². The topological polar surface area (TPSA) is 75.9 Å². The number of hydrogen-bond donors (Lipinski definition) is 1. The molecule has 2 aromatic heterocycles. The second-order valence-corrected chi connectivity index (χ2v) is 4.78. The fraction of sp³-hybridized carbons (Fsp3) is 0.429. The van der Waals surface area contributed by atoms with E-state index < -0.39 is 0 Å². The smallest absolute Gasteiger partial charge is 0.269 e. The fourth-order valence-corrected chi connectivity index (χ4v) is 1.90. The van der Waals surface area contributed by atoms with E-state index in [1.165, 1.54) is 4.68 Å². The van der Waals surface area contributed by atoms with Crippen LogP contribution in [0.1, 0.15) is 18.4 Å². The lowest BCUT2D eigenvalue weighted by Crippen LogP contribution is -2.26. The molecule has 2 aromatic rings. The third-order valence-electron chi connectivity index (χ3n) is 3.22. The number of nitrogens with zero attached hydrogens (tertiary/aromatic N) is 5. The summed E-state index contributed by atoms with van der Waals surface area (Å²) in [5.74, 6) is 1.29. The van der Waals surface area contributed by atoms with Crippen molar-refractivity contribution in [2.75, 3.05) is 30.9 Å². The lowest BCUT2D eigenvalue weighted by Gasteiger charge is -2.16. The van der Waals surface area contributed by atoms with Crippen LogP contribution in [-0.2, 0) is 6.54 Å². The number of aromatic nitrogens is 4. The highest BCUT2D eigenvalue weighted by Gasteiger charge is 2.07. The first-order valence-electron chi connectivity index (χ1n) is 6.84. The molecule has 0 unspecified atom stereocenters. The molecule has 7 heteroatoms. The Morgan fingerprint density at radius 1 is 1.33 bits per heavy atom. The predicted octanol–water partition coefficient (Wildman–Crippen LogP) is 0.888. The molecule has 0 fully saturated rings. The molecule has 2 heterocycles. The van der Waals surface area contributed by atoms with Gasteiger partial charge in [0.15, 0.2) is 5.82 Å². The summed E-state index contributed by atoms with van der Waals surface area (Å²) < 4.78 is 1.36. The zero-order chi connectivity index (χ0) is 15.4. The van der Waals surface area contributed by atoms with E-state index in [0.717, 1.165) is 23.7 Å². The quantitative estimate of drug-likeness (QED) is 0.880. The minimum Gasteiger partial charge on any atom is -0.373 e. The Balaban J connectivity index is 2.28. The molecule has 7 nitrogen and oxygen atoms in total. The van der Waals surface area contributed by atoms with Crippen molar-refractivity contribution in [3.8, 4) is 0 Å². The third-order valence-corrected chi connectivity index (χ3v) is 3.22. The summed E-state index contributed by atoms with van der Waals surface area (Å²) in [6.07, 6.45) is 1.68. The SMILES string of the molecule is CCN(C)c1cnn(Cc2nc(C)cc(NC)n2)c(=O)c1. The first-order chi connectivity index (χ1) is 10.0. The van der Waals surface area contributed by atoms with Crippen LogP contribution in [0.2, 0.25) is 0 Å². The summed E-state index contributed by atoms with van der Waals surface area (Å²) in [7, 11) is 3.72. The molecule has 2 rings (SSSR count). The number of nitrogens with one attached hydrogen (secondary N) is 1. The summed E-state index contributed by atoms with van der Waals surface area (Å²) in [5, 5.41) is 7.16. The Labute approximate surface area is 123 Å². The highest BCUT2D eigenvalue weighted by molar-refractivity contribution is 5.41. The largest absolute Gasteiger partial charge is 0.373 e. The summed E-state index contributed by atoms with van der Waals surface area (Å²) in [6.45, 7) is 4.98. The van der Waals surface area contributed by atoms with Crippen LogP contribution in [0.5, 0.6) is 0 Å². The van der Waals surface area contributed by atoms with Gasteiger partial charge in [-0.3, -0.25) is 4.79 Å². The normalized spacial score (nSPS) is 10.5. The second kappa shape index (κ2) is 6.34. The van der Waals surface area contributed by atoms with E-state index in [1.807, 2.05) is 31.9 Å². The van der Waals surface area contributed by atoms with Gasteiger partial charge in [-0.05, 0) is 13.8 Å². The van der Waals surface area contributed by atoms with Gasteiger partial charge in [0.2, 0.25) is 0 Å². The Kier molecular flexibility index (Phi) is 4.52. The van der Waals surface area contributed by atoms with E-state index in [4.69, 9.17) is 0 Å². The van der Waals surface area contributed by atoms with Crippen LogP contribution in [0, 0.1) is 6.92 Å². The van der Waals surface area contributed by atoms with Gasteiger partial charge in [0.25, 0.3) is 5.56 Å². The standard InChI is InChI=1S/C14H20N6O/c1-5-19(4)11-7-14(21)20(16-8-11)9-13-17-10(2)6-12(15-3)18-13/h6-8H,5,9H2,1-4H3,(H,15,17,18). The summed E-state index contributed by atoms with van der Waals surface area (Å²) in [5.41, 5.74) is 1.49. The first kappa shape index (κ1) is 15.0. The fourth-order valence-electron chi connectivity index (χ4n) is 1.90. The van der Waals surface area contributed by atoms with Crippen molar-refractivity contribution in [2.24, 2.45) is 0 Å². The molecule has 0 aliphatic carbocycles. The lowest BCUT2D eigenvalue weighted by molar-refractivity contribution is 0.612. The summed E-state index contributed by atoms with van der Waals surface area (Å²) in [4.78, 5) is 22.7. The van der Waals surface area contributed by atoms with Gasteiger partial charge in [-0.1, -0.05) is 0 Å². The maximum atomic E-state index is 12.1. The van der Waals surface area contributed by atoms with Crippen LogP contribution in [0.4, 0.5) is 11.5 Å². The first-order valence-corrected chi connectivity index (χ1v) is 6.84. The minimum absolute atomic E-state index is 0.163. The van der Waals surface area contributed by atoms with Crippen molar-refractivity contribution in [3.05, 3.63) is 40.2 Å². The van der Waals surface area contributed by atoms with Crippen LogP contribution in [0.15, 0.2) is 23.1 Å². The number of hydrogen-bond acceptors (Lipinski definition) is 6. The lowest BCUT2D eigenvalue weighted by atomic mass is 10.4. The zero-order valence-electron chi connectivity index (χ0n) is 12.8. The molecule has 0 aliphatic rings. The average molecular weight is 288 g/mol. The maximum absolute atomic E-state index is 12.1. The molecule has 0 saturated carbocycles. The molecule has 0 aliphatic heterocycles. The van der Waals surface area contributed by atoms with Crippen molar-refractivity contribution in [2.45, 2.75) is 20.4 Å². The monoisotopic (exact) mass is 288 g/mol. The average Bonchev–Trinajstić information content (AvgIpc) is 2.47. The molecule has 0 amide bonds. The molecule has 21 heavy (non-hydrogen) atoms. The third kappa shape index (κ3) is 3.56. The van der Waals surface area contributed by atoms with E-state index in [9.17, 15) is 4.79 Å². The maximum Gasteiger partial charge on any atom is 0.269 e. The molecule has 0 aromatic carbocycles. The highest BCUT2D eigenvalue weighted by Crippen LogP contribution is 2.08. The molecule has 112 valence electrons. The molecule has 0 saturated heterocycles. The van der Waals surface area contributed by atoms with Gasteiger partial charge in [-0.15, -0.1) is 0 Å². The van der Waals surface area contributed by atoms with Crippen LogP contribution >= 0.6 is 0 Å². The van der Waals surface area contributed by atoms with Gasteiger partial charge in [-0.25, -0.2) is 14.6 Å². The highest BCUT2D eigenvalue weighted by atomic mass is 16.1. The van der Waals surface area contributed by atoms with Gasteiger partial charge in [-0.2, -0.15) is 5.10 Å². The Morgan fingerprint density at radius 2 is 2.10 bits per heavy atom. The molecule has 0 radical (unpaired) electrons. The molecule has 0 spiro atoms. The van der Waals surface area contributed by atoms with Crippen LogP contribution < -0.4 is 15.8 Å². The molecule has 0 bridgehead atoms. The van der Waals surface area contributed by atoms with Crippen molar-refractivity contribution in [3.63, 3.8) is 0 Å². The Bertz CT molecular complexity index is 681. The zero-order valence-corrected chi connectivity index (χ0v) is 12.8. The van der Waals surface area contributed by atoms with Gasteiger partial charge in [0.1, 0.15) is 12.4 Å². The van der Waals surface area contributed by atoms with Gasteiger partial charge >= 0.3 is 0 Å². The molecular weight excluding hydrogens is 268 g/mol. The van der Waals surface area contributed by atoms with Gasteiger partial charge in [0.05, 0.1) is 11.9 Å². The van der Waals surface area contributed by atoms with Crippen LogP contribution in [0.25, 0.3) is 0 Å².